The lowest BCUT2D eigenvalue weighted by Crippen LogP contribution is -2.24. The van der Waals surface area contributed by atoms with E-state index in [2.05, 4.69) is 17.1 Å². The Morgan fingerprint density at radius 3 is 2.44 bits per heavy atom. The molecule has 0 aromatic heterocycles. The molecule has 0 aliphatic rings. The predicted molar refractivity (Wildman–Crippen MR) is 137 cm³/mol. The minimum atomic E-state index is -0.489. The van der Waals surface area contributed by atoms with Crippen LogP contribution in [0.5, 0.6) is 23.0 Å². The van der Waals surface area contributed by atoms with E-state index in [0.717, 1.165) is 5.56 Å². The van der Waals surface area contributed by atoms with Crippen molar-refractivity contribution >= 4 is 18.1 Å². The number of methoxy groups -OCH3 is 1. The van der Waals surface area contributed by atoms with Gasteiger partial charge in [-0.05, 0) is 66.9 Å². The molecular formula is C28H28N2O6. The lowest BCUT2D eigenvalue weighted by molar-refractivity contribution is -0.123. The fraction of sp³-hybridized carbons (Fsp3) is 0.179. The molecule has 36 heavy (non-hydrogen) atoms. The van der Waals surface area contributed by atoms with Gasteiger partial charge >= 0.3 is 5.97 Å². The number of hydrogen-bond donors (Lipinski definition) is 1. The second-order valence-electron chi connectivity index (χ2n) is 7.45. The molecule has 1 amide bonds. The average Bonchev–Trinajstić information content (AvgIpc) is 2.90. The van der Waals surface area contributed by atoms with Gasteiger partial charge in [0, 0.05) is 0 Å². The van der Waals surface area contributed by atoms with Crippen molar-refractivity contribution in [1.82, 2.24) is 5.43 Å². The van der Waals surface area contributed by atoms with Gasteiger partial charge in [0.25, 0.3) is 5.91 Å². The first-order valence-corrected chi connectivity index (χ1v) is 11.3. The fourth-order valence-corrected chi connectivity index (χ4v) is 3.17. The number of hydrazone groups is 1. The number of nitrogens with zero attached hydrogens (tertiary/aromatic N) is 1. The third-order valence-electron chi connectivity index (χ3n) is 4.85. The lowest BCUT2D eigenvalue weighted by atomic mass is 10.1. The number of hydrogen-bond acceptors (Lipinski definition) is 7. The van der Waals surface area contributed by atoms with Gasteiger partial charge < -0.3 is 18.9 Å². The summed E-state index contributed by atoms with van der Waals surface area (Å²) in [5.74, 6) is 0.716. The van der Waals surface area contributed by atoms with Crippen LogP contribution in [0.3, 0.4) is 0 Å². The van der Waals surface area contributed by atoms with Crippen LogP contribution in [0.25, 0.3) is 0 Å². The Labute approximate surface area is 210 Å². The number of carbonyl (C=O) groups is 2. The first kappa shape index (κ1) is 26.0. The standard InChI is InChI=1S/C28H28N2O6/c1-4-9-20-12-14-23(25(16-20)33-3)35-19-27(31)30-29-18-21-13-15-24(26(17-21)34-5-2)36-28(32)22-10-7-6-8-11-22/h4,6-8,10-18H,1,5,9,19H2,2-3H3,(H,30,31)/b29-18-. The molecule has 0 saturated carbocycles. The maximum Gasteiger partial charge on any atom is 0.343 e. The molecule has 8 heteroatoms. The maximum absolute atomic E-state index is 12.4. The smallest absolute Gasteiger partial charge is 0.343 e. The largest absolute Gasteiger partial charge is 0.493 e. The molecule has 0 aliphatic carbocycles. The second kappa shape index (κ2) is 13.3. The Balaban J connectivity index is 1.58. The molecule has 3 aromatic rings. The van der Waals surface area contributed by atoms with Gasteiger partial charge in [0.05, 0.1) is 25.5 Å². The zero-order valence-electron chi connectivity index (χ0n) is 20.2. The summed E-state index contributed by atoms with van der Waals surface area (Å²) in [5, 5.41) is 3.96. The Morgan fingerprint density at radius 1 is 0.944 bits per heavy atom. The minimum absolute atomic E-state index is 0.243. The van der Waals surface area contributed by atoms with E-state index < -0.39 is 11.9 Å². The van der Waals surface area contributed by atoms with Crippen LogP contribution >= 0.6 is 0 Å². The zero-order valence-corrected chi connectivity index (χ0v) is 20.2. The van der Waals surface area contributed by atoms with Crippen molar-refractivity contribution in [2.45, 2.75) is 13.3 Å². The van der Waals surface area contributed by atoms with E-state index in [0.29, 0.717) is 41.4 Å². The summed E-state index contributed by atoms with van der Waals surface area (Å²) in [7, 11) is 1.54. The highest BCUT2D eigenvalue weighted by Gasteiger charge is 2.13. The van der Waals surface area contributed by atoms with Crippen molar-refractivity contribution < 1.29 is 28.5 Å². The highest BCUT2D eigenvalue weighted by Crippen LogP contribution is 2.29. The molecule has 0 radical (unpaired) electrons. The number of rotatable bonds is 12. The molecule has 1 N–H and O–H groups in total. The number of ether oxygens (including phenoxy) is 4. The summed E-state index contributed by atoms with van der Waals surface area (Å²) in [6.45, 7) is 5.68. The monoisotopic (exact) mass is 488 g/mol. The van der Waals surface area contributed by atoms with Crippen LogP contribution in [0.2, 0.25) is 0 Å². The summed E-state index contributed by atoms with van der Waals surface area (Å²) in [6, 6.07) is 19.1. The van der Waals surface area contributed by atoms with Gasteiger partial charge in [0.15, 0.2) is 29.6 Å². The van der Waals surface area contributed by atoms with Crippen molar-refractivity contribution in [2.75, 3.05) is 20.3 Å². The molecule has 0 spiro atoms. The van der Waals surface area contributed by atoms with E-state index in [1.54, 1.807) is 54.6 Å². The van der Waals surface area contributed by atoms with Gasteiger partial charge in [0.2, 0.25) is 0 Å². The normalized spacial score (nSPS) is 10.5. The quantitative estimate of drug-likeness (QED) is 0.132. The van der Waals surface area contributed by atoms with Crippen LogP contribution in [-0.2, 0) is 11.2 Å². The summed E-state index contributed by atoms with van der Waals surface area (Å²) in [4.78, 5) is 24.5. The van der Waals surface area contributed by atoms with Gasteiger partial charge in [0.1, 0.15) is 0 Å². The molecule has 0 heterocycles. The van der Waals surface area contributed by atoms with Crippen molar-refractivity contribution in [3.8, 4) is 23.0 Å². The molecule has 3 aromatic carbocycles. The first-order valence-electron chi connectivity index (χ1n) is 11.3. The molecular weight excluding hydrogens is 460 g/mol. The molecule has 0 unspecified atom stereocenters. The molecule has 0 fully saturated rings. The molecule has 0 aliphatic heterocycles. The maximum atomic E-state index is 12.4. The fourth-order valence-electron chi connectivity index (χ4n) is 3.17. The molecule has 0 atom stereocenters. The average molecular weight is 489 g/mol. The topological polar surface area (TPSA) is 95.5 Å². The molecule has 3 rings (SSSR count). The van der Waals surface area contributed by atoms with Crippen molar-refractivity contribution in [1.29, 1.82) is 0 Å². The van der Waals surface area contributed by atoms with E-state index in [9.17, 15) is 9.59 Å². The number of benzene rings is 3. The Bertz CT molecular complexity index is 1220. The highest BCUT2D eigenvalue weighted by atomic mass is 16.6. The van der Waals surface area contributed by atoms with Crippen LogP contribution in [0.4, 0.5) is 0 Å². The van der Waals surface area contributed by atoms with E-state index >= 15 is 0 Å². The SMILES string of the molecule is C=CCc1ccc(OCC(=O)N/N=C\c2ccc(OC(=O)c3ccccc3)c(OCC)c2)c(OC)c1. The summed E-state index contributed by atoms with van der Waals surface area (Å²) >= 11 is 0. The molecule has 186 valence electrons. The van der Waals surface area contributed by atoms with Gasteiger partial charge in [-0.1, -0.05) is 30.3 Å². The third-order valence-corrected chi connectivity index (χ3v) is 4.85. The number of allylic oxidation sites excluding steroid dienone is 1. The van der Waals surface area contributed by atoms with Gasteiger partial charge in [-0.2, -0.15) is 5.10 Å². The Morgan fingerprint density at radius 2 is 1.72 bits per heavy atom. The first-order chi connectivity index (χ1) is 17.5. The van der Waals surface area contributed by atoms with E-state index in [4.69, 9.17) is 18.9 Å². The van der Waals surface area contributed by atoms with Gasteiger partial charge in [-0.15, -0.1) is 6.58 Å². The summed E-state index contributed by atoms with van der Waals surface area (Å²) < 4.78 is 22.0. The van der Waals surface area contributed by atoms with E-state index in [1.165, 1.54) is 13.3 Å². The van der Waals surface area contributed by atoms with Gasteiger partial charge in [-0.25, -0.2) is 10.2 Å². The predicted octanol–water partition coefficient (Wildman–Crippen LogP) is 4.57. The summed E-state index contributed by atoms with van der Waals surface area (Å²) in [6.07, 6.45) is 3.95. The van der Waals surface area contributed by atoms with Crippen molar-refractivity contribution in [2.24, 2.45) is 5.10 Å². The zero-order chi connectivity index (χ0) is 25.8. The van der Waals surface area contributed by atoms with Crippen molar-refractivity contribution in [3.63, 3.8) is 0 Å². The number of esters is 1. The number of carbonyl (C=O) groups excluding carboxylic acids is 2. The summed E-state index contributed by atoms with van der Waals surface area (Å²) in [5.41, 5.74) is 4.51. The van der Waals surface area contributed by atoms with Crippen LogP contribution in [0, 0.1) is 0 Å². The van der Waals surface area contributed by atoms with E-state index in [-0.39, 0.29) is 12.4 Å². The Kier molecular flexibility index (Phi) is 9.64. The number of nitrogens with one attached hydrogen (secondary N) is 1. The van der Waals surface area contributed by atoms with Crippen LogP contribution in [0.1, 0.15) is 28.4 Å². The lowest BCUT2D eigenvalue weighted by Gasteiger charge is -2.11. The molecule has 0 bridgehead atoms. The second-order valence-corrected chi connectivity index (χ2v) is 7.45. The van der Waals surface area contributed by atoms with Crippen molar-refractivity contribution in [3.05, 3.63) is 96.1 Å². The van der Waals surface area contributed by atoms with Crippen LogP contribution < -0.4 is 24.4 Å². The molecule has 0 saturated heterocycles. The van der Waals surface area contributed by atoms with Crippen LogP contribution in [-0.4, -0.2) is 38.4 Å². The Hall–Kier alpha value is -4.59. The van der Waals surface area contributed by atoms with Crippen LogP contribution in [0.15, 0.2) is 84.5 Å². The van der Waals surface area contributed by atoms with E-state index in [1.807, 2.05) is 25.1 Å². The van der Waals surface area contributed by atoms with Gasteiger partial charge in [-0.3, -0.25) is 4.79 Å². The minimum Gasteiger partial charge on any atom is -0.493 e. The highest BCUT2D eigenvalue weighted by molar-refractivity contribution is 5.91. The third kappa shape index (κ3) is 7.46. The number of amides is 1. The molecule has 8 nitrogen and oxygen atoms in total.